The van der Waals surface area contributed by atoms with Crippen LogP contribution in [0, 0.1) is 6.92 Å². The number of hydrogen-bond acceptors (Lipinski definition) is 6. The molecule has 0 radical (unpaired) electrons. The Morgan fingerprint density at radius 2 is 1.95 bits per heavy atom. The van der Waals surface area contributed by atoms with E-state index in [1.165, 1.54) is 6.07 Å². The fourth-order valence-corrected chi connectivity index (χ4v) is 2.38. The van der Waals surface area contributed by atoms with Gasteiger partial charge in [0, 0.05) is 16.8 Å². The van der Waals surface area contributed by atoms with Gasteiger partial charge >= 0.3 is 0 Å². The molecule has 0 spiro atoms. The van der Waals surface area contributed by atoms with Gasteiger partial charge in [0.2, 0.25) is 5.91 Å². The van der Waals surface area contributed by atoms with Crippen LogP contribution < -0.4 is 16.8 Å². The van der Waals surface area contributed by atoms with Crippen LogP contribution in [0.2, 0.25) is 5.02 Å². The van der Waals surface area contributed by atoms with E-state index >= 15 is 0 Å². The Hall–Kier alpha value is -1.99. The van der Waals surface area contributed by atoms with Crippen molar-refractivity contribution in [2.45, 2.75) is 12.1 Å². The molecule has 0 unspecified atom stereocenters. The normalized spacial score (nSPS) is 10.4. The molecule has 6 nitrogen and oxygen atoms in total. The Morgan fingerprint density at radius 1 is 1.29 bits per heavy atom. The van der Waals surface area contributed by atoms with Crippen molar-refractivity contribution in [2.75, 3.05) is 22.5 Å². The Bertz CT molecular complexity index is 659. The van der Waals surface area contributed by atoms with E-state index in [1.54, 1.807) is 12.1 Å². The number of carbonyl (C=O) groups is 1. The first-order valence-electron chi connectivity index (χ1n) is 6.03. The van der Waals surface area contributed by atoms with Crippen molar-refractivity contribution in [3.8, 4) is 0 Å². The van der Waals surface area contributed by atoms with E-state index in [4.69, 9.17) is 23.1 Å². The first kappa shape index (κ1) is 15.4. The molecular weight excluding hydrogens is 310 g/mol. The van der Waals surface area contributed by atoms with Gasteiger partial charge in [0.15, 0.2) is 5.16 Å². The van der Waals surface area contributed by atoms with Crippen molar-refractivity contribution in [2.24, 2.45) is 0 Å². The van der Waals surface area contributed by atoms with Gasteiger partial charge in [-0.1, -0.05) is 29.4 Å². The molecule has 0 fully saturated rings. The Morgan fingerprint density at radius 3 is 2.57 bits per heavy atom. The maximum Gasteiger partial charge on any atom is 0.234 e. The number of halogens is 1. The van der Waals surface area contributed by atoms with Crippen LogP contribution in [0.5, 0.6) is 0 Å². The van der Waals surface area contributed by atoms with Gasteiger partial charge in [-0.15, -0.1) is 0 Å². The summed E-state index contributed by atoms with van der Waals surface area (Å²) in [5.41, 5.74) is 12.7. The third-order valence-corrected chi connectivity index (χ3v) is 3.79. The zero-order chi connectivity index (χ0) is 15.4. The van der Waals surface area contributed by atoms with Gasteiger partial charge in [0.25, 0.3) is 0 Å². The SMILES string of the molecule is Cc1ccc(NC(=O)CSc2nc(N)cc(N)n2)cc1Cl. The number of anilines is 3. The van der Waals surface area contributed by atoms with Gasteiger partial charge in [-0.25, -0.2) is 9.97 Å². The second kappa shape index (κ2) is 6.64. The molecule has 1 heterocycles. The quantitative estimate of drug-likeness (QED) is 0.589. The molecule has 0 saturated heterocycles. The summed E-state index contributed by atoms with van der Waals surface area (Å²) >= 11 is 7.16. The number of rotatable bonds is 4. The van der Waals surface area contributed by atoms with Gasteiger partial charge in [0.05, 0.1) is 5.75 Å². The molecule has 21 heavy (non-hydrogen) atoms. The predicted octanol–water partition coefficient (Wildman–Crippen LogP) is 2.33. The van der Waals surface area contributed by atoms with Gasteiger partial charge < -0.3 is 16.8 Å². The third-order valence-electron chi connectivity index (χ3n) is 2.53. The number of nitrogens with zero attached hydrogens (tertiary/aromatic N) is 2. The minimum atomic E-state index is -0.190. The molecular formula is C13H14ClN5OS. The van der Waals surface area contributed by atoms with Crippen LogP contribution in [0.3, 0.4) is 0 Å². The second-order valence-electron chi connectivity index (χ2n) is 4.30. The van der Waals surface area contributed by atoms with Crippen LogP contribution >= 0.6 is 23.4 Å². The van der Waals surface area contributed by atoms with Crippen LogP contribution in [-0.4, -0.2) is 21.6 Å². The first-order valence-corrected chi connectivity index (χ1v) is 7.39. The third kappa shape index (κ3) is 4.51. The molecule has 110 valence electrons. The number of aryl methyl sites for hydroxylation is 1. The average Bonchev–Trinajstić information content (AvgIpc) is 2.40. The van der Waals surface area contributed by atoms with Gasteiger partial charge in [-0.2, -0.15) is 0 Å². The standard InChI is InChI=1S/C13H14ClN5OS/c1-7-2-3-8(4-9(7)14)17-12(20)6-21-13-18-10(15)5-11(16)19-13/h2-5H,6H2,1H3,(H,17,20)(H4,15,16,18,19). The molecule has 1 aromatic carbocycles. The van der Waals surface area contributed by atoms with Crippen molar-refractivity contribution in [3.05, 3.63) is 34.9 Å². The van der Waals surface area contributed by atoms with E-state index in [9.17, 15) is 4.79 Å². The molecule has 5 N–H and O–H groups in total. The lowest BCUT2D eigenvalue weighted by Gasteiger charge is -2.07. The zero-order valence-corrected chi connectivity index (χ0v) is 12.8. The molecule has 0 aliphatic rings. The molecule has 0 bridgehead atoms. The molecule has 1 amide bonds. The maximum atomic E-state index is 11.9. The molecule has 1 aromatic heterocycles. The minimum Gasteiger partial charge on any atom is -0.383 e. The highest BCUT2D eigenvalue weighted by molar-refractivity contribution is 7.99. The second-order valence-corrected chi connectivity index (χ2v) is 5.65. The first-order chi connectivity index (χ1) is 9.94. The predicted molar refractivity (Wildman–Crippen MR) is 86.4 cm³/mol. The average molecular weight is 324 g/mol. The van der Waals surface area contributed by atoms with Gasteiger partial charge in [0.1, 0.15) is 11.6 Å². The summed E-state index contributed by atoms with van der Waals surface area (Å²) in [6.45, 7) is 1.89. The Kier molecular flexibility index (Phi) is 4.87. The van der Waals surface area contributed by atoms with E-state index in [2.05, 4.69) is 15.3 Å². The number of aromatic nitrogens is 2. The van der Waals surface area contributed by atoms with E-state index in [0.29, 0.717) is 15.9 Å². The molecule has 0 aliphatic heterocycles. The van der Waals surface area contributed by atoms with Crippen LogP contribution in [-0.2, 0) is 4.79 Å². The van der Waals surface area contributed by atoms with E-state index in [-0.39, 0.29) is 23.3 Å². The Labute approximate surface area is 131 Å². The van der Waals surface area contributed by atoms with E-state index in [0.717, 1.165) is 17.3 Å². The number of nitrogen functional groups attached to an aromatic ring is 2. The monoisotopic (exact) mass is 323 g/mol. The van der Waals surface area contributed by atoms with Crippen molar-refractivity contribution >= 4 is 46.6 Å². The molecule has 0 atom stereocenters. The number of hydrogen-bond donors (Lipinski definition) is 3. The maximum absolute atomic E-state index is 11.9. The summed E-state index contributed by atoms with van der Waals surface area (Å²) in [5.74, 6) is 0.505. The summed E-state index contributed by atoms with van der Waals surface area (Å²) in [4.78, 5) is 19.8. The number of nitrogens with two attached hydrogens (primary N) is 2. The summed E-state index contributed by atoms with van der Waals surface area (Å²) < 4.78 is 0. The number of thioether (sulfide) groups is 1. The highest BCUT2D eigenvalue weighted by atomic mass is 35.5. The molecule has 0 aliphatic carbocycles. The van der Waals surface area contributed by atoms with E-state index < -0.39 is 0 Å². The van der Waals surface area contributed by atoms with Crippen molar-refractivity contribution in [1.82, 2.24) is 9.97 Å². The van der Waals surface area contributed by atoms with Crippen molar-refractivity contribution < 1.29 is 4.79 Å². The largest absolute Gasteiger partial charge is 0.383 e. The highest BCUT2D eigenvalue weighted by Crippen LogP contribution is 2.21. The van der Waals surface area contributed by atoms with Crippen LogP contribution in [0.4, 0.5) is 17.3 Å². The summed E-state index contributed by atoms with van der Waals surface area (Å²) in [6.07, 6.45) is 0. The summed E-state index contributed by atoms with van der Waals surface area (Å²) in [7, 11) is 0. The lowest BCUT2D eigenvalue weighted by Crippen LogP contribution is -2.14. The lowest BCUT2D eigenvalue weighted by atomic mass is 10.2. The van der Waals surface area contributed by atoms with Gasteiger partial charge in [-0.05, 0) is 24.6 Å². The highest BCUT2D eigenvalue weighted by Gasteiger charge is 2.07. The number of benzene rings is 1. The fraction of sp³-hybridized carbons (Fsp3) is 0.154. The van der Waals surface area contributed by atoms with Crippen molar-refractivity contribution in [1.29, 1.82) is 0 Å². The van der Waals surface area contributed by atoms with Crippen LogP contribution in [0.1, 0.15) is 5.56 Å². The number of amides is 1. The lowest BCUT2D eigenvalue weighted by molar-refractivity contribution is -0.113. The zero-order valence-electron chi connectivity index (χ0n) is 11.3. The molecule has 2 rings (SSSR count). The minimum absolute atomic E-state index is 0.147. The van der Waals surface area contributed by atoms with Gasteiger partial charge in [-0.3, -0.25) is 4.79 Å². The molecule has 8 heteroatoms. The summed E-state index contributed by atoms with van der Waals surface area (Å²) in [6, 6.07) is 6.79. The smallest absolute Gasteiger partial charge is 0.234 e. The fourth-order valence-electron chi connectivity index (χ4n) is 1.52. The number of nitrogens with one attached hydrogen (secondary N) is 1. The van der Waals surface area contributed by atoms with Crippen molar-refractivity contribution in [3.63, 3.8) is 0 Å². The number of carbonyl (C=O) groups excluding carboxylic acids is 1. The Balaban J connectivity index is 1.94. The van der Waals surface area contributed by atoms with E-state index in [1.807, 2.05) is 13.0 Å². The van der Waals surface area contributed by atoms with Crippen LogP contribution in [0.25, 0.3) is 0 Å². The molecule has 0 saturated carbocycles. The van der Waals surface area contributed by atoms with Crippen LogP contribution in [0.15, 0.2) is 29.4 Å². The topological polar surface area (TPSA) is 107 Å². The molecule has 2 aromatic rings. The summed E-state index contributed by atoms with van der Waals surface area (Å²) in [5, 5.41) is 3.72.